The van der Waals surface area contributed by atoms with Crippen LogP contribution >= 0.6 is 0 Å². The third kappa shape index (κ3) is 7.50. The summed E-state index contributed by atoms with van der Waals surface area (Å²) in [5, 5.41) is 15.2. The summed E-state index contributed by atoms with van der Waals surface area (Å²) in [6, 6.07) is 9.77. The number of amides is 1. The molecule has 200 valence electrons. The Kier molecular flexibility index (Phi) is 9.19. The van der Waals surface area contributed by atoms with Crippen LogP contribution < -0.4 is 10.0 Å². The standard InChI is InChI=1S/C26H38N2O6S2/c1-5-23(25(29)15-21-13-17(2)12-18(21)3)27-26(30)24(28-35(4,31)32)16-36(33,34)22-11-10-19-8-6-7-9-20(19)14-22/h6-11,14,17-18,21,23-25,28-29H,5,12-13,15-16H2,1-4H3,(H,27,30)/t17?,18?,21?,23-,24+,25+/m0/s1. The number of hydrogen-bond acceptors (Lipinski definition) is 6. The maximum Gasteiger partial charge on any atom is 0.239 e. The minimum absolute atomic E-state index is 0.00529. The molecule has 0 radical (unpaired) electrons. The molecule has 1 aliphatic rings. The Balaban J connectivity index is 1.77. The van der Waals surface area contributed by atoms with E-state index in [2.05, 4.69) is 23.9 Å². The van der Waals surface area contributed by atoms with Crippen LogP contribution in [0.5, 0.6) is 0 Å². The summed E-state index contributed by atoms with van der Waals surface area (Å²) >= 11 is 0. The first-order valence-corrected chi connectivity index (χ1v) is 16.0. The van der Waals surface area contributed by atoms with Crippen molar-refractivity contribution < 1.29 is 26.7 Å². The van der Waals surface area contributed by atoms with Crippen molar-refractivity contribution in [1.82, 2.24) is 10.0 Å². The Labute approximate surface area is 214 Å². The molecule has 1 amide bonds. The topological polar surface area (TPSA) is 130 Å². The zero-order chi connectivity index (χ0) is 26.7. The maximum atomic E-state index is 13.2. The third-order valence-electron chi connectivity index (χ3n) is 7.20. The molecule has 0 bridgehead atoms. The lowest BCUT2D eigenvalue weighted by Crippen LogP contribution is -2.54. The number of aliphatic hydroxyl groups is 1. The summed E-state index contributed by atoms with van der Waals surface area (Å²) < 4.78 is 52.6. The van der Waals surface area contributed by atoms with Crippen LogP contribution in [0.1, 0.15) is 46.5 Å². The Morgan fingerprint density at radius 3 is 2.31 bits per heavy atom. The SMILES string of the molecule is CC[C@H](NC(=O)[C@@H](CS(=O)(=O)c1ccc2ccccc2c1)NS(C)(=O)=O)[C@H](O)CC1CC(C)CC1C. The van der Waals surface area contributed by atoms with Crippen molar-refractivity contribution in [2.24, 2.45) is 17.8 Å². The van der Waals surface area contributed by atoms with Gasteiger partial charge in [0, 0.05) is 0 Å². The van der Waals surface area contributed by atoms with Gasteiger partial charge in [-0.1, -0.05) is 51.1 Å². The molecule has 0 aromatic heterocycles. The van der Waals surface area contributed by atoms with E-state index in [1.54, 1.807) is 18.2 Å². The van der Waals surface area contributed by atoms with E-state index < -0.39 is 49.7 Å². The van der Waals surface area contributed by atoms with Crippen LogP contribution in [0.25, 0.3) is 10.8 Å². The number of fused-ring (bicyclic) bond motifs is 1. The first-order chi connectivity index (χ1) is 16.8. The second-order valence-electron chi connectivity index (χ2n) is 10.4. The molecule has 0 saturated heterocycles. The van der Waals surface area contributed by atoms with Crippen molar-refractivity contribution in [2.75, 3.05) is 12.0 Å². The van der Waals surface area contributed by atoms with Crippen LogP contribution in [0.2, 0.25) is 0 Å². The van der Waals surface area contributed by atoms with E-state index in [4.69, 9.17) is 0 Å². The molecule has 0 aliphatic heterocycles. The van der Waals surface area contributed by atoms with Crippen LogP contribution in [-0.4, -0.2) is 58.0 Å². The molecule has 8 nitrogen and oxygen atoms in total. The second kappa shape index (κ2) is 11.6. The molecule has 10 heteroatoms. The predicted molar refractivity (Wildman–Crippen MR) is 142 cm³/mol. The summed E-state index contributed by atoms with van der Waals surface area (Å²) in [6.45, 7) is 6.18. The molecular formula is C26H38N2O6S2. The van der Waals surface area contributed by atoms with Gasteiger partial charge in [0.2, 0.25) is 15.9 Å². The fourth-order valence-corrected chi connectivity index (χ4v) is 7.59. The normalized spacial score (nSPS) is 23.3. The predicted octanol–water partition coefficient (Wildman–Crippen LogP) is 2.86. The number of carbonyl (C=O) groups excluding carboxylic acids is 1. The molecule has 1 saturated carbocycles. The highest BCUT2D eigenvalue weighted by molar-refractivity contribution is 7.91. The molecule has 0 heterocycles. The first kappa shape index (κ1) is 28.6. The smallest absolute Gasteiger partial charge is 0.239 e. The highest BCUT2D eigenvalue weighted by atomic mass is 32.2. The summed E-state index contributed by atoms with van der Waals surface area (Å²) in [7, 11) is -7.90. The van der Waals surface area contributed by atoms with E-state index in [0.717, 1.165) is 29.9 Å². The van der Waals surface area contributed by atoms with E-state index in [1.165, 1.54) is 12.1 Å². The average molecular weight is 539 g/mol. The van der Waals surface area contributed by atoms with Crippen LogP contribution in [0.3, 0.4) is 0 Å². The molecule has 2 aromatic rings. The summed E-state index contributed by atoms with van der Waals surface area (Å²) in [6.07, 6.45) is 3.15. The zero-order valence-corrected chi connectivity index (χ0v) is 23.0. The fraction of sp³-hybridized carbons (Fsp3) is 0.577. The second-order valence-corrected chi connectivity index (χ2v) is 14.2. The van der Waals surface area contributed by atoms with Crippen molar-refractivity contribution in [3.05, 3.63) is 42.5 Å². The molecule has 3 N–H and O–H groups in total. The van der Waals surface area contributed by atoms with Gasteiger partial charge in [0.15, 0.2) is 9.84 Å². The number of sulfone groups is 1. The van der Waals surface area contributed by atoms with Crippen molar-refractivity contribution in [2.45, 2.75) is 69.5 Å². The van der Waals surface area contributed by atoms with Crippen LogP contribution in [0.4, 0.5) is 0 Å². The molecule has 6 atom stereocenters. The third-order valence-corrected chi connectivity index (χ3v) is 9.66. The van der Waals surface area contributed by atoms with Gasteiger partial charge < -0.3 is 10.4 Å². The first-order valence-electron chi connectivity index (χ1n) is 12.5. The van der Waals surface area contributed by atoms with E-state index in [9.17, 15) is 26.7 Å². The molecule has 3 rings (SSSR count). The number of nitrogens with one attached hydrogen (secondary N) is 2. The highest BCUT2D eigenvalue weighted by Gasteiger charge is 2.35. The lowest BCUT2D eigenvalue weighted by molar-refractivity contribution is -0.124. The maximum absolute atomic E-state index is 13.2. The van der Waals surface area contributed by atoms with Gasteiger partial charge in [-0.05, 0) is 66.3 Å². The summed E-state index contributed by atoms with van der Waals surface area (Å²) in [5.41, 5.74) is 0. The monoisotopic (exact) mass is 538 g/mol. The van der Waals surface area contributed by atoms with E-state index in [-0.39, 0.29) is 4.90 Å². The summed E-state index contributed by atoms with van der Waals surface area (Å²) in [5.74, 6) is -0.0960. The molecule has 0 spiro atoms. The highest BCUT2D eigenvalue weighted by Crippen LogP contribution is 2.38. The van der Waals surface area contributed by atoms with Crippen LogP contribution in [-0.2, 0) is 24.7 Å². The van der Waals surface area contributed by atoms with Crippen LogP contribution in [0, 0.1) is 17.8 Å². The largest absolute Gasteiger partial charge is 0.391 e. The van der Waals surface area contributed by atoms with E-state index >= 15 is 0 Å². The molecule has 1 aliphatic carbocycles. The number of rotatable bonds is 11. The van der Waals surface area contributed by atoms with Crippen molar-refractivity contribution in [3.8, 4) is 0 Å². The van der Waals surface area contributed by atoms with Gasteiger partial charge >= 0.3 is 0 Å². The van der Waals surface area contributed by atoms with Crippen molar-refractivity contribution in [1.29, 1.82) is 0 Å². The van der Waals surface area contributed by atoms with Gasteiger partial charge in [0.05, 0.1) is 29.0 Å². The van der Waals surface area contributed by atoms with Gasteiger partial charge in [0.1, 0.15) is 6.04 Å². The summed E-state index contributed by atoms with van der Waals surface area (Å²) in [4.78, 5) is 13.2. The van der Waals surface area contributed by atoms with Crippen molar-refractivity contribution in [3.63, 3.8) is 0 Å². The van der Waals surface area contributed by atoms with Gasteiger partial charge in [-0.25, -0.2) is 21.6 Å². The molecular weight excluding hydrogens is 500 g/mol. The minimum Gasteiger partial charge on any atom is -0.391 e. The van der Waals surface area contributed by atoms with E-state index in [0.29, 0.717) is 30.6 Å². The van der Waals surface area contributed by atoms with Gasteiger partial charge in [-0.15, -0.1) is 0 Å². The Bertz CT molecular complexity index is 1280. The number of hydrogen-bond donors (Lipinski definition) is 3. The lowest BCUT2D eigenvalue weighted by Gasteiger charge is -2.28. The quantitative estimate of drug-likeness (QED) is 0.403. The number of aliphatic hydroxyl groups excluding tert-OH is 1. The van der Waals surface area contributed by atoms with E-state index in [1.807, 2.05) is 19.1 Å². The van der Waals surface area contributed by atoms with Crippen molar-refractivity contribution >= 4 is 36.5 Å². The Morgan fingerprint density at radius 2 is 1.72 bits per heavy atom. The van der Waals surface area contributed by atoms with Gasteiger partial charge in [0.25, 0.3) is 0 Å². The minimum atomic E-state index is -4.01. The Morgan fingerprint density at radius 1 is 1.06 bits per heavy atom. The van der Waals surface area contributed by atoms with Crippen LogP contribution in [0.15, 0.2) is 47.4 Å². The Hall–Kier alpha value is -2.01. The molecule has 36 heavy (non-hydrogen) atoms. The number of sulfonamides is 1. The van der Waals surface area contributed by atoms with Gasteiger partial charge in [-0.3, -0.25) is 4.79 Å². The number of benzene rings is 2. The zero-order valence-electron chi connectivity index (χ0n) is 21.3. The molecule has 3 unspecified atom stereocenters. The number of carbonyl (C=O) groups is 1. The lowest BCUT2D eigenvalue weighted by atomic mass is 9.89. The molecule has 1 fully saturated rings. The molecule has 2 aromatic carbocycles. The van der Waals surface area contributed by atoms with Gasteiger partial charge in [-0.2, -0.15) is 0 Å². The average Bonchev–Trinajstić information content (AvgIpc) is 3.11. The fourth-order valence-electron chi connectivity index (χ4n) is 5.33.